The molecule has 0 aromatic heterocycles. The average molecular weight is 435 g/mol. The number of epoxide rings is 1. The third-order valence-corrected chi connectivity index (χ3v) is 11.6. The van der Waals surface area contributed by atoms with Crippen molar-refractivity contribution in [3.63, 3.8) is 0 Å². The first kappa shape index (κ1) is 20.2. The van der Waals surface area contributed by atoms with Gasteiger partial charge in [-0.1, -0.05) is 13.8 Å². The van der Waals surface area contributed by atoms with Crippen molar-refractivity contribution >= 4 is 0 Å². The van der Waals surface area contributed by atoms with Crippen LogP contribution in [-0.2, 0) is 23.7 Å². The van der Waals surface area contributed by atoms with Crippen LogP contribution >= 0.6 is 0 Å². The number of fused-ring (bicyclic) bond motifs is 4. The number of ether oxygens (including phenoxy) is 5. The molecule has 4 aliphatic carbocycles. The van der Waals surface area contributed by atoms with Crippen LogP contribution < -0.4 is 0 Å². The number of hydrogen-bond donors (Lipinski definition) is 1. The van der Waals surface area contributed by atoms with Crippen LogP contribution in [0.1, 0.15) is 72.1 Å². The van der Waals surface area contributed by atoms with Gasteiger partial charge < -0.3 is 28.8 Å². The van der Waals surface area contributed by atoms with Gasteiger partial charge in [-0.3, -0.25) is 0 Å². The summed E-state index contributed by atoms with van der Waals surface area (Å²) in [6.45, 7) is 9.38. The van der Waals surface area contributed by atoms with E-state index in [1.807, 2.05) is 6.92 Å². The summed E-state index contributed by atoms with van der Waals surface area (Å²) in [5, 5.41) is 12.1. The smallest absolute Gasteiger partial charge is 0.195 e. The number of hydrogen-bond acceptors (Lipinski definition) is 6. The zero-order chi connectivity index (χ0) is 21.3. The first-order valence-electron chi connectivity index (χ1n) is 12.7. The molecule has 6 nitrogen and oxygen atoms in total. The second kappa shape index (κ2) is 5.87. The van der Waals surface area contributed by atoms with Crippen molar-refractivity contribution in [1.29, 1.82) is 0 Å². The van der Waals surface area contributed by atoms with Gasteiger partial charge in [0, 0.05) is 23.7 Å². The highest BCUT2D eigenvalue weighted by atomic mass is 16.8. The molecule has 3 unspecified atom stereocenters. The standard InChI is InChI=1S/C25H38O6/c1-20-8-9-23(29-12-13-30-23)15-24(20)19(31-24)14-16-17(20)4-6-21(2)18(16)5-7-25(21,26)22(3)27-10-11-28-22/h16-19,26H,4-15H2,1-3H3/t16-,17?,18?,19-,20-,21+,24-,25?/m0/s1. The molecule has 3 aliphatic heterocycles. The van der Waals surface area contributed by atoms with Crippen LogP contribution in [-0.4, -0.2) is 60.4 Å². The van der Waals surface area contributed by atoms with Crippen LogP contribution in [0.15, 0.2) is 0 Å². The van der Waals surface area contributed by atoms with E-state index < -0.39 is 17.2 Å². The van der Waals surface area contributed by atoms with E-state index >= 15 is 0 Å². The van der Waals surface area contributed by atoms with Crippen molar-refractivity contribution in [2.45, 2.75) is 101 Å². The van der Waals surface area contributed by atoms with Crippen molar-refractivity contribution in [2.24, 2.45) is 28.6 Å². The first-order chi connectivity index (χ1) is 14.7. The van der Waals surface area contributed by atoms with Gasteiger partial charge in [0.1, 0.15) is 11.2 Å². The van der Waals surface area contributed by atoms with Gasteiger partial charge in [0.15, 0.2) is 11.6 Å². The molecule has 0 radical (unpaired) electrons. The molecular formula is C25H38O6. The Morgan fingerprint density at radius 3 is 2.13 bits per heavy atom. The maximum atomic E-state index is 12.1. The maximum Gasteiger partial charge on any atom is 0.195 e. The minimum absolute atomic E-state index is 0.0664. The zero-order valence-corrected chi connectivity index (χ0v) is 19.3. The third-order valence-electron chi connectivity index (χ3n) is 11.6. The van der Waals surface area contributed by atoms with Crippen molar-refractivity contribution in [2.75, 3.05) is 26.4 Å². The summed E-state index contributed by atoms with van der Waals surface area (Å²) in [6.07, 6.45) is 8.44. The summed E-state index contributed by atoms with van der Waals surface area (Å²) >= 11 is 0. The molecule has 7 rings (SSSR count). The second-order valence-electron chi connectivity index (χ2n) is 12.3. The van der Waals surface area contributed by atoms with E-state index in [0.717, 1.165) is 51.4 Å². The Balaban J connectivity index is 1.21. The lowest BCUT2D eigenvalue weighted by Gasteiger charge is -2.61. The Hall–Kier alpha value is -0.240. The number of rotatable bonds is 1. The molecule has 8 atom stereocenters. The minimum Gasteiger partial charge on any atom is -0.384 e. The minimum atomic E-state index is -0.922. The Morgan fingerprint density at radius 1 is 0.742 bits per heavy atom. The number of aliphatic hydroxyl groups is 1. The van der Waals surface area contributed by atoms with Gasteiger partial charge in [-0.05, 0) is 63.2 Å². The van der Waals surface area contributed by atoms with Crippen molar-refractivity contribution in [1.82, 2.24) is 0 Å². The van der Waals surface area contributed by atoms with Crippen LogP contribution in [0, 0.1) is 28.6 Å². The fraction of sp³-hybridized carbons (Fsp3) is 1.00. The second-order valence-corrected chi connectivity index (χ2v) is 12.3. The van der Waals surface area contributed by atoms with Crippen molar-refractivity contribution in [3.05, 3.63) is 0 Å². The summed E-state index contributed by atoms with van der Waals surface area (Å²) in [4.78, 5) is 0. The van der Waals surface area contributed by atoms with Crippen LogP contribution in [0.4, 0.5) is 0 Å². The van der Waals surface area contributed by atoms with Gasteiger partial charge in [0.05, 0.1) is 32.5 Å². The third kappa shape index (κ3) is 2.17. The summed E-state index contributed by atoms with van der Waals surface area (Å²) in [5.74, 6) is 0.459. The zero-order valence-electron chi connectivity index (χ0n) is 19.3. The summed E-state index contributed by atoms with van der Waals surface area (Å²) in [5.41, 5.74) is -0.989. The molecule has 6 heteroatoms. The van der Waals surface area contributed by atoms with Gasteiger partial charge in [-0.2, -0.15) is 0 Å². The van der Waals surface area contributed by atoms with E-state index in [0.29, 0.717) is 50.3 Å². The quantitative estimate of drug-likeness (QED) is 0.638. The van der Waals surface area contributed by atoms with E-state index in [4.69, 9.17) is 23.7 Å². The Bertz CT molecular complexity index is 789. The van der Waals surface area contributed by atoms with E-state index in [2.05, 4.69) is 13.8 Å². The largest absolute Gasteiger partial charge is 0.384 e. The highest BCUT2D eigenvalue weighted by Gasteiger charge is 2.80. The van der Waals surface area contributed by atoms with E-state index in [-0.39, 0.29) is 16.4 Å². The molecule has 1 N–H and O–H groups in total. The Morgan fingerprint density at radius 2 is 1.39 bits per heavy atom. The lowest BCUT2D eigenvalue weighted by atomic mass is 9.43. The highest BCUT2D eigenvalue weighted by molar-refractivity contribution is 5.27. The van der Waals surface area contributed by atoms with Crippen LogP contribution in [0.25, 0.3) is 0 Å². The molecule has 2 spiro atoms. The van der Waals surface area contributed by atoms with E-state index in [1.54, 1.807) is 0 Å². The molecule has 3 heterocycles. The van der Waals surface area contributed by atoms with E-state index in [1.165, 1.54) is 0 Å². The van der Waals surface area contributed by atoms with Gasteiger partial charge >= 0.3 is 0 Å². The normalized spacial score (nSPS) is 58.5. The highest BCUT2D eigenvalue weighted by Crippen LogP contribution is 2.76. The molecular weight excluding hydrogens is 396 g/mol. The lowest BCUT2D eigenvalue weighted by molar-refractivity contribution is -0.301. The molecule has 0 bridgehead atoms. The predicted molar refractivity (Wildman–Crippen MR) is 111 cm³/mol. The van der Waals surface area contributed by atoms with Crippen LogP contribution in [0.3, 0.4) is 0 Å². The molecule has 4 saturated carbocycles. The fourth-order valence-corrected chi connectivity index (χ4v) is 9.88. The molecule has 0 aromatic carbocycles. The summed E-state index contributed by atoms with van der Waals surface area (Å²) in [7, 11) is 0. The Kier molecular flexibility index (Phi) is 3.82. The molecule has 0 amide bonds. The van der Waals surface area contributed by atoms with Crippen molar-refractivity contribution in [3.8, 4) is 0 Å². The lowest BCUT2D eigenvalue weighted by Crippen LogP contribution is -2.65. The molecule has 7 fully saturated rings. The molecule has 0 aromatic rings. The predicted octanol–water partition coefficient (Wildman–Crippen LogP) is 3.40. The molecule has 31 heavy (non-hydrogen) atoms. The molecule has 174 valence electrons. The van der Waals surface area contributed by atoms with E-state index in [9.17, 15) is 5.11 Å². The first-order valence-corrected chi connectivity index (χ1v) is 12.7. The monoisotopic (exact) mass is 434 g/mol. The Labute approximate surface area is 185 Å². The topological polar surface area (TPSA) is 69.7 Å². The van der Waals surface area contributed by atoms with Crippen LogP contribution in [0.2, 0.25) is 0 Å². The van der Waals surface area contributed by atoms with Gasteiger partial charge in [-0.25, -0.2) is 0 Å². The fourth-order valence-electron chi connectivity index (χ4n) is 9.88. The van der Waals surface area contributed by atoms with Crippen molar-refractivity contribution < 1.29 is 28.8 Å². The summed E-state index contributed by atoms with van der Waals surface area (Å²) < 4.78 is 31.0. The van der Waals surface area contributed by atoms with Gasteiger partial charge in [0.2, 0.25) is 0 Å². The van der Waals surface area contributed by atoms with Gasteiger partial charge in [-0.15, -0.1) is 0 Å². The SMILES string of the molecule is CC1(C2(O)CCC3[C@H]4C[C@@H]5O[C@@]56CC5(CC[C@@]6(C)C4CC[C@]32C)OCCO5)OCCO1. The average Bonchev–Trinajstić information content (AvgIpc) is 3.07. The summed E-state index contributed by atoms with van der Waals surface area (Å²) in [6, 6.07) is 0. The molecule has 3 saturated heterocycles. The van der Waals surface area contributed by atoms with Gasteiger partial charge in [0.25, 0.3) is 0 Å². The maximum absolute atomic E-state index is 12.1. The molecule has 7 aliphatic rings. The van der Waals surface area contributed by atoms with Crippen LogP contribution in [0.5, 0.6) is 0 Å².